The minimum Gasteiger partial charge on any atom is -0.379 e. The van der Waals surface area contributed by atoms with Crippen molar-refractivity contribution in [2.24, 2.45) is 5.73 Å². The van der Waals surface area contributed by atoms with E-state index in [4.69, 9.17) is 10.5 Å². The predicted octanol–water partition coefficient (Wildman–Crippen LogP) is -0.438. The SMILES string of the molecule is CC(C)(N)CC(=O)NCCN1CCOCC1. The fourth-order valence-electron chi connectivity index (χ4n) is 1.65. The van der Waals surface area contributed by atoms with E-state index in [2.05, 4.69) is 10.2 Å². The van der Waals surface area contributed by atoms with Gasteiger partial charge in [-0.25, -0.2) is 0 Å². The van der Waals surface area contributed by atoms with Crippen LogP contribution in [0.4, 0.5) is 0 Å². The van der Waals surface area contributed by atoms with Gasteiger partial charge in [-0.05, 0) is 13.8 Å². The van der Waals surface area contributed by atoms with Gasteiger partial charge in [-0.15, -0.1) is 0 Å². The zero-order chi connectivity index (χ0) is 12.0. The van der Waals surface area contributed by atoms with E-state index < -0.39 is 5.54 Å². The summed E-state index contributed by atoms with van der Waals surface area (Å²) >= 11 is 0. The first-order valence-electron chi connectivity index (χ1n) is 5.83. The second-order valence-electron chi connectivity index (χ2n) is 4.97. The molecular formula is C11H23N3O2. The zero-order valence-corrected chi connectivity index (χ0v) is 10.3. The van der Waals surface area contributed by atoms with Crippen molar-refractivity contribution in [3.63, 3.8) is 0 Å². The lowest BCUT2D eigenvalue weighted by molar-refractivity contribution is -0.122. The molecule has 1 saturated heterocycles. The number of nitrogens with zero attached hydrogens (tertiary/aromatic N) is 1. The highest BCUT2D eigenvalue weighted by Gasteiger charge is 2.16. The molecule has 1 aliphatic rings. The van der Waals surface area contributed by atoms with Gasteiger partial charge in [-0.2, -0.15) is 0 Å². The van der Waals surface area contributed by atoms with Crippen LogP contribution < -0.4 is 11.1 Å². The van der Waals surface area contributed by atoms with Crippen LogP contribution >= 0.6 is 0 Å². The summed E-state index contributed by atoms with van der Waals surface area (Å²) in [4.78, 5) is 13.8. The molecule has 0 saturated carbocycles. The van der Waals surface area contributed by atoms with Crippen molar-refractivity contribution >= 4 is 5.91 Å². The quantitative estimate of drug-likeness (QED) is 0.671. The van der Waals surface area contributed by atoms with Crippen LogP contribution in [0, 0.1) is 0 Å². The normalized spacial score (nSPS) is 18.4. The zero-order valence-electron chi connectivity index (χ0n) is 10.3. The average molecular weight is 229 g/mol. The van der Waals surface area contributed by atoms with Gasteiger partial charge in [0, 0.05) is 38.1 Å². The Morgan fingerprint density at radius 2 is 2.06 bits per heavy atom. The Kier molecular flexibility index (Phi) is 5.18. The molecule has 0 aliphatic carbocycles. The third-order valence-electron chi connectivity index (χ3n) is 2.47. The minimum atomic E-state index is -0.428. The molecule has 5 nitrogen and oxygen atoms in total. The molecular weight excluding hydrogens is 206 g/mol. The fourth-order valence-corrected chi connectivity index (χ4v) is 1.65. The van der Waals surface area contributed by atoms with Gasteiger partial charge >= 0.3 is 0 Å². The summed E-state index contributed by atoms with van der Waals surface area (Å²) in [6.07, 6.45) is 0.371. The van der Waals surface area contributed by atoms with Crippen LogP contribution in [0.3, 0.4) is 0 Å². The first kappa shape index (κ1) is 13.4. The van der Waals surface area contributed by atoms with Crippen LogP contribution in [-0.4, -0.2) is 55.7 Å². The molecule has 0 atom stereocenters. The molecule has 1 heterocycles. The first-order valence-corrected chi connectivity index (χ1v) is 5.83. The Morgan fingerprint density at radius 3 is 2.62 bits per heavy atom. The summed E-state index contributed by atoms with van der Waals surface area (Å²) in [6.45, 7) is 8.79. The van der Waals surface area contributed by atoms with Gasteiger partial charge in [0.05, 0.1) is 13.2 Å². The van der Waals surface area contributed by atoms with Crippen molar-refractivity contribution in [2.75, 3.05) is 39.4 Å². The molecule has 0 unspecified atom stereocenters. The molecule has 1 amide bonds. The summed E-state index contributed by atoms with van der Waals surface area (Å²) in [5.74, 6) is 0.0285. The molecule has 1 fully saturated rings. The Labute approximate surface area is 97.3 Å². The molecule has 0 spiro atoms. The van der Waals surface area contributed by atoms with Crippen LogP contribution in [0.5, 0.6) is 0 Å². The molecule has 0 bridgehead atoms. The van der Waals surface area contributed by atoms with E-state index in [1.54, 1.807) is 0 Å². The molecule has 0 aromatic carbocycles. The van der Waals surface area contributed by atoms with E-state index >= 15 is 0 Å². The monoisotopic (exact) mass is 229 g/mol. The molecule has 0 aromatic heterocycles. The van der Waals surface area contributed by atoms with Crippen molar-refractivity contribution in [1.29, 1.82) is 0 Å². The molecule has 1 aliphatic heterocycles. The van der Waals surface area contributed by atoms with E-state index in [0.29, 0.717) is 13.0 Å². The highest BCUT2D eigenvalue weighted by Crippen LogP contribution is 2.02. The lowest BCUT2D eigenvalue weighted by Crippen LogP contribution is -2.43. The summed E-state index contributed by atoms with van der Waals surface area (Å²) in [7, 11) is 0. The van der Waals surface area contributed by atoms with Crippen molar-refractivity contribution in [3.8, 4) is 0 Å². The van der Waals surface area contributed by atoms with Crippen LogP contribution in [0.15, 0.2) is 0 Å². The minimum absolute atomic E-state index is 0.0285. The van der Waals surface area contributed by atoms with Gasteiger partial charge in [0.2, 0.25) is 5.91 Å². The molecule has 3 N–H and O–H groups in total. The predicted molar refractivity (Wildman–Crippen MR) is 63.2 cm³/mol. The molecule has 16 heavy (non-hydrogen) atoms. The van der Waals surface area contributed by atoms with E-state index in [0.717, 1.165) is 32.8 Å². The Balaban J connectivity index is 2.08. The summed E-state index contributed by atoms with van der Waals surface area (Å²) in [5.41, 5.74) is 5.34. The van der Waals surface area contributed by atoms with Gasteiger partial charge < -0.3 is 15.8 Å². The highest BCUT2D eigenvalue weighted by atomic mass is 16.5. The van der Waals surface area contributed by atoms with Crippen molar-refractivity contribution in [3.05, 3.63) is 0 Å². The molecule has 1 rings (SSSR count). The van der Waals surface area contributed by atoms with E-state index in [9.17, 15) is 4.79 Å². The maximum absolute atomic E-state index is 11.5. The Bertz CT molecular complexity index is 220. The van der Waals surface area contributed by atoms with Gasteiger partial charge in [0.25, 0.3) is 0 Å². The molecule has 0 radical (unpaired) electrons. The number of nitrogens with two attached hydrogens (primary N) is 1. The lowest BCUT2D eigenvalue weighted by atomic mass is 10.0. The second kappa shape index (κ2) is 6.18. The number of carbonyl (C=O) groups is 1. The van der Waals surface area contributed by atoms with Crippen LogP contribution in [0.1, 0.15) is 20.3 Å². The average Bonchev–Trinajstić information content (AvgIpc) is 2.16. The van der Waals surface area contributed by atoms with E-state index in [-0.39, 0.29) is 5.91 Å². The summed E-state index contributed by atoms with van der Waals surface area (Å²) < 4.78 is 5.25. The molecule has 0 aromatic rings. The highest BCUT2D eigenvalue weighted by molar-refractivity contribution is 5.77. The maximum Gasteiger partial charge on any atom is 0.221 e. The number of hydrogen-bond acceptors (Lipinski definition) is 4. The van der Waals surface area contributed by atoms with Gasteiger partial charge in [0.15, 0.2) is 0 Å². The topological polar surface area (TPSA) is 67.6 Å². The second-order valence-corrected chi connectivity index (χ2v) is 4.97. The summed E-state index contributed by atoms with van der Waals surface area (Å²) in [5, 5.41) is 2.89. The number of ether oxygens (including phenoxy) is 1. The third-order valence-corrected chi connectivity index (χ3v) is 2.47. The smallest absolute Gasteiger partial charge is 0.221 e. The molecule has 5 heteroatoms. The number of amides is 1. The Hall–Kier alpha value is -0.650. The summed E-state index contributed by atoms with van der Waals surface area (Å²) in [6, 6.07) is 0. The van der Waals surface area contributed by atoms with E-state index in [1.165, 1.54) is 0 Å². The van der Waals surface area contributed by atoms with Gasteiger partial charge in [-0.3, -0.25) is 9.69 Å². The standard InChI is InChI=1S/C11H23N3O2/c1-11(2,12)9-10(15)13-3-4-14-5-7-16-8-6-14/h3-9,12H2,1-2H3,(H,13,15). The largest absolute Gasteiger partial charge is 0.379 e. The fraction of sp³-hybridized carbons (Fsp3) is 0.909. The van der Waals surface area contributed by atoms with Crippen LogP contribution in [0.2, 0.25) is 0 Å². The van der Waals surface area contributed by atoms with Crippen molar-refractivity contribution in [2.45, 2.75) is 25.8 Å². The van der Waals surface area contributed by atoms with Gasteiger partial charge in [0.1, 0.15) is 0 Å². The van der Waals surface area contributed by atoms with Crippen molar-refractivity contribution in [1.82, 2.24) is 10.2 Å². The number of morpholine rings is 1. The number of rotatable bonds is 5. The lowest BCUT2D eigenvalue weighted by Gasteiger charge is -2.26. The number of carbonyl (C=O) groups excluding carboxylic acids is 1. The van der Waals surface area contributed by atoms with E-state index in [1.807, 2.05) is 13.8 Å². The van der Waals surface area contributed by atoms with Crippen LogP contribution in [0.25, 0.3) is 0 Å². The van der Waals surface area contributed by atoms with Crippen LogP contribution in [-0.2, 0) is 9.53 Å². The van der Waals surface area contributed by atoms with Gasteiger partial charge in [-0.1, -0.05) is 0 Å². The van der Waals surface area contributed by atoms with Crippen molar-refractivity contribution < 1.29 is 9.53 Å². The molecule has 94 valence electrons. The maximum atomic E-state index is 11.5. The third kappa shape index (κ3) is 6.05. The number of nitrogens with one attached hydrogen (secondary N) is 1. The number of hydrogen-bond donors (Lipinski definition) is 2. The first-order chi connectivity index (χ1) is 7.47. The Morgan fingerprint density at radius 1 is 1.44 bits per heavy atom.